The highest BCUT2D eigenvalue weighted by atomic mass is 32.2. The number of hydrogen-bond acceptors (Lipinski definition) is 6. The van der Waals surface area contributed by atoms with Crippen molar-refractivity contribution in [3.05, 3.63) is 54.0 Å². The molecule has 2 heterocycles. The minimum absolute atomic E-state index is 0.0392. The maximum Gasteiger partial charge on any atom is 0.400 e. The Hall–Kier alpha value is -2.34. The topological polar surface area (TPSA) is 68.9 Å². The lowest BCUT2D eigenvalue weighted by Crippen LogP contribution is -2.07. The number of carbonyl (C=O) groups excluding carboxylic acids is 2. The number of thioether (sulfide) groups is 1. The molecule has 0 unspecified atom stereocenters. The summed E-state index contributed by atoms with van der Waals surface area (Å²) in [6.07, 6.45) is 1.36. The van der Waals surface area contributed by atoms with Gasteiger partial charge in [0.25, 0.3) is 0 Å². The summed E-state index contributed by atoms with van der Waals surface area (Å²) in [5.41, 5.74) is 0.570. The van der Waals surface area contributed by atoms with Gasteiger partial charge < -0.3 is 9.25 Å². The molecule has 6 heteroatoms. The molecule has 0 N–H and O–H groups in total. The molecule has 1 aliphatic heterocycles. The number of ketones is 1. The summed E-state index contributed by atoms with van der Waals surface area (Å²) in [4.78, 5) is 28.9. The zero-order valence-corrected chi connectivity index (χ0v) is 10.3. The van der Waals surface area contributed by atoms with Crippen LogP contribution in [0.2, 0.25) is 0 Å². The van der Waals surface area contributed by atoms with Gasteiger partial charge in [0.2, 0.25) is 11.5 Å². The van der Waals surface area contributed by atoms with Crippen molar-refractivity contribution < 1.29 is 18.8 Å². The lowest BCUT2D eigenvalue weighted by atomic mass is 10.1. The van der Waals surface area contributed by atoms with Gasteiger partial charge in [-0.2, -0.15) is 0 Å². The van der Waals surface area contributed by atoms with Gasteiger partial charge in [-0.15, -0.1) is 0 Å². The van der Waals surface area contributed by atoms with Crippen molar-refractivity contribution in [1.82, 2.24) is 0 Å². The molecule has 0 saturated heterocycles. The number of oxime groups is 1. The first kappa shape index (κ1) is 11.7. The highest BCUT2D eigenvalue weighted by molar-refractivity contribution is 8.16. The van der Waals surface area contributed by atoms with Crippen LogP contribution >= 0.6 is 11.8 Å². The first-order chi connectivity index (χ1) is 9.25. The monoisotopic (exact) mass is 273 g/mol. The molecule has 0 bridgehead atoms. The van der Waals surface area contributed by atoms with E-state index in [1.807, 2.05) is 12.1 Å². The SMILES string of the molecule is O=C(O/N=C1/Sc2ccccc2C1=O)c1ccco1. The van der Waals surface area contributed by atoms with Gasteiger partial charge in [0.05, 0.1) is 6.26 Å². The third-order valence-electron chi connectivity index (χ3n) is 2.47. The second-order valence-electron chi connectivity index (χ2n) is 3.68. The van der Waals surface area contributed by atoms with Crippen molar-refractivity contribution in [3.8, 4) is 0 Å². The van der Waals surface area contributed by atoms with Crippen molar-refractivity contribution in [1.29, 1.82) is 0 Å². The van der Waals surface area contributed by atoms with E-state index < -0.39 is 5.97 Å². The van der Waals surface area contributed by atoms with Gasteiger partial charge in [-0.25, -0.2) is 4.79 Å². The Morgan fingerprint density at radius 2 is 2.05 bits per heavy atom. The molecular formula is C13H7NO4S. The Morgan fingerprint density at radius 3 is 2.79 bits per heavy atom. The van der Waals surface area contributed by atoms with Gasteiger partial charge in [-0.3, -0.25) is 4.79 Å². The van der Waals surface area contributed by atoms with Crippen molar-refractivity contribution in [3.63, 3.8) is 0 Å². The van der Waals surface area contributed by atoms with E-state index in [-0.39, 0.29) is 16.6 Å². The molecule has 1 aromatic heterocycles. The minimum Gasteiger partial charge on any atom is -0.457 e. The van der Waals surface area contributed by atoms with Crippen molar-refractivity contribution in [2.24, 2.45) is 5.16 Å². The van der Waals surface area contributed by atoms with E-state index in [0.29, 0.717) is 5.56 Å². The molecule has 2 aromatic rings. The molecular weight excluding hydrogens is 266 g/mol. The molecule has 0 fully saturated rings. The van der Waals surface area contributed by atoms with Crippen LogP contribution in [-0.2, 0) is 4.84 Å². The summed E-state index contributed by atoms with van der Waals surface area (Å²) in [6.45, 7) is 0. The maximum atomic E-state index is 11.9. The number of Topliss-reactive ketones (excluding diaryl/α,β-unsaturated/α-hetero) is 1. The number of rotatable bonds is 2. The Labute approximate surface area is 112 Å². The Bertz CT molecular complexity index is 676. The molecule has 19 heavy (non-hydrogen) atoms. The molecule has 0 atom stereocenters. The van der Waals surface area contributed by atoms with E-state index in [0.717, 1.165) is 4.90 Å². The first-order valence-electron chi connectivity index (χ1n) is 5.40. The highest BCUT2D eigenvalue weighted by Gasteiger charge is 2.28. The third-order valence-corrected chi connectivity index (χ3v) is 3.50. The molecule has 0 amide bonds. The molecule has 1 aromatic carbocycles. The number of nitrogens with zero attached hydrogens (tertiary/aromatic N) is 1. The Balaban J connectivity index is 1.77. The van der Waals surface area contributed by atoms with E-state index in [1.165, 1.54) is 24.1 Å². The summed E-state index contributed by atoms with van der Waals surface area (Å²) in [7, 11) is 0. The van der Waals surface area contributed by atoms with E-state index >= 15 is 0 Å². The number of carbonyl (C=O) groups is 2. The number of benzene rings is 1. The Morgan fingerprint density at radius 1 is 1.21 bits per heavy atom. The third kappa shape index (κ3) is 2.17. The van der Waals surface area contributed by atoms with Crippen molar-refractivity contribution in [2.45, 2.75) is 4.90 Å². The van der Waals surface area contributed by atoms with E-state index in [9.17, 15) is 9.59 Å². The van der Waals surface area contributed by atoms with Gasteiger partial charge in [0.15, 0.2) is 5.04 Å². The molecule has 0 saturated carbocycles. The molecule has 94 valence electrons. The predicted molar refractivity (Wildman–Crippen MR) is 68.2 cm³/mol. The van der Waals surface area contributed by atoms with Gasteiger partial charge in [-0.05, 0) is 24.3 Å². The average Bonchev–Trinajstić information content (AvgIpc) is 3.05. The summed E-state index contributed by atoms with van der Waals surface area (Å²) >= 11 is 1.18. The van der Waals surface area contributed by atoms with Crippen LogP contribution in [0.5, 0.6) is 0 Å². The maximum absolute atomic E-state index is 11.9. The van der Waals surface area contributed by atoms with E-state index in [1.54, 1.807) is 18.2 Å². The van der Waals surface area contributed by atoms with E-state index in [4.69, 9.17) is 4.42 Å². The van der Waals surface area contributed by atoms with Crippen LogP contribution in [0.1, 0.15) is 20.9 Å². The fraction of sp³-hybridized carbons (Fsp3) is 0. The number of furan rings is 1. The molecule has 5 nitrogen and oxygen atoms in total. The summed E-state index contributed by atoms with van der Waals surface area (Å²) in [6, 6.07) is 10.2. The first-order valence-corrected chi connectivity index (χ1v) is 6.22. The molecule has 3 rings (SSSR count). The molecule has 0 aliphatic carbocycles. The van der Waals surface area contributed by atoms with Gasteiger partial charge in [-0.1, -0.05) is 29.1 Å². The Kier molecular flexibility index (Phi) is 2.92. The highest BCUT2D eigenvalue weighted by Crippen LogP contribution is 2.33. The number of fused-ring (bicyclic) bond motifs is 1. The van der Waals surface area contributed by atoms with E-state index in [2.05, 4.69) is 9.99 Å². The largest absolute Gasteiger partial charge is 0.457 e. The van der Waals surface area contributed by atoms with Crippen LogP contribution in [0.4, 0.5) is 0 Å². The van der Waals surface area contributed by atoms with Crippen LogP contribution in [0, 0.1) is 0 Å². The van der Waals surface area contributed by atoms with Gasteiger partial charge in [0.1, 0.15) is 0 Å². The predicted octanol–water partition coefficient (Wildman–Crippen LogP) is 2.74. The van der Waals surface area contributed by atoms with Crippen LogP contribution in [-0.4, -0.2) is 16.8 Å². The van der Waals surface area contributed by atoms with Gasteiger partial charge >= 0.3 is 5.97 Å². The average molecular weight is 273 g/mol. The normalized spacial score (nSPS) is 15.6. The lowest BCUT2D eigenvalue weighted by molar-refractivity contribution is 0.0481. The molecule has 0 spiro atoms. The van der Waals surface area contributed by atoms with Crippen molar-refractivity contribution in [2.75, 3.05) is 0 Å². The molecule has 1 aliphatic rings. The van der Waals surface area contributed by atoms with Gasteiger partial charge in [0, 0.05) is 10.5 Å². The standard InChI is InChI=1S/C13H7NO4S/c15-11-8-4-1-2-6-10(8)19-12(11)14-18-13(16)9-5-3-7-17-9/h1-7H/b14-12+. The summed E-state index contributed by atoms with van der Waals surface area (Å²) in [5, 5.41) is 3.74. The lowest BCUT2D eigenvalue weighted by Gasteiger charge is -1.94. The number of hydrogen-bond donors (Lipinski definition) is 0. The van der Waals surface area contributed by atoms with Crippen LogP contribution in [0.15, 0.2) is 57.1 Å². The fourth-order valence-corrected chi connectivity index (χ4v) is 2.49. The zero-order chi connectivity index (χ0) is 13.2. The quantitative estimate of drug-likeness (QED) is 0.621. The van der Waals surface area contributed by atoms with Crippen LogP contribution in [0.25, 0.3) is 0 Å². The summed E-state index contributed by atoms with van der Waals surface area (Å²) < 4.78 is 4.86. The van der Waals surface area contributed by atoms with Crippen molar-refractivity contribution >= 4 is 28.6 Å². The zero-order valence-electron chi connectivity index (χ0n) is 9.53. The molecule has 0 radical (unpaired) electrons. The second-order valence-corrected chi connectivity index (χ2v) is 4.71. The second kappa shape index (κ2) is 4.74. The fourth-order valence-electron chi connectivity index (χ4n) is 1.59. The minimum atomic E-state index is -0.734. The summed E-state index contributed by atoms with van der Waals surface area (Å²) in [5.74, 6) is -0.938. The van der Waals surface area contributed by atoms with Crippen LogP contribution in [0.3, 0.4) is 0 Å². The smallest absolute Gasteiger partial charge is 0.400 e. The van der Waals surface area contributed by atoms with Crippen LogP contribution < -0.4 is 0 Å².